The van der Waals surface area contributed by atoms with Crippen molar-refractivity contribution in [3.05, 3.63) is 24.2 Å². The van der Waals surface area contributed by atoms with E-state index in [1.807, 2.05) is 0 Å². The molecule has 0 N–H and O–H groups in total. The minimum atomic E-state index is -0.186. The van der Waals surface area contributed by atoms with Gasteiger partial charge in [0.2, 0.25) is 0 Å². The summed E-state index contributed by atoms with van der Waals surface area (Å²) in [7, 11) is 0. The molecule has 2 saturated heterocycles. The van der Waals surface area contributed by atoms with Gasteiger partial charge in [0.15, 0.2) is 5.76 Å². The highest BCUT2D eigenvalue weighted by Gasteiger charge is 2.50. The molecule has 0 aromatic carbocycles. The molecular formula is C16H21NO4. The average molecular weight is 291 g/mol. The number of ether oxygens (including phenoxy) is 2. The molecular weight excluding hydrogens is 270 g/mol. The van der Waals surface area contributed by atoms with E-state index in [-0.39, 0.29) is 11.5 Å². The summed E-state index contributed by atoms with van der Waals surface area (Å²) in [6.07, 6.45) is 6.34. The Balaban J connectivity index is 1.31. The van der Waals surface area contributed by atoms with E-state index in [2.05, 4.69) is 0 Å². The molecule has 0 unspecified atom stereocenters. The van der Waals surface area contributed by atoms with E-state index in [1.54, 1.807) is 17.0 Å². The summed E-state index contributed by atoms with van der Waals surface area (Å²) in [6, 6.07) is 3.44. The Morgan fingerprint density at radius 3 is 2.95 bits per heavy atom. The summed E-state index contributed by atoms with van der Waals surface area (Å²) in [5, 5.41) is 0. The molecule has 1 saturated carbocycles. The molecule has 1 spiro atoms. The van der Waals surface area contributed by atoms with Crippen LogP contribution in [0, 0.1) is 5.92 Å². The first-order chi connectivity index (χ1) is 10.2. The highest BCUT2D eigenvalue weighted by atomic mass is 16.5. The molecule has 114 valence electrons. The van der Waals surface area contributed by atoms with Crippen LogP contribution in [0.15, 0.2) is 22.8 Å². The maximum atomic E-state index is 12.2. The fourth-order valence-electron chi connectivity index (χ4n) is 3.25. The first-order valence-corrected chi connectivity index (χ1v) is 7.82. The number of hydrogen-bond acceptors (Lipinski definition) is 4. The van der Waals surface area contributed by atoms with Crippen molar-refractivity contribution in [2.45, 2.75) is 37.4 Å². The molecule has 3 fully saturated rings. The van der Waals surface area contributed by atoms with E-state index < -0.39 is 0 Å². The number of furan rings is 1. The predicted molar refractivity (Wildman–Crippen MR) is 75.0 cm³/mol. The van der Waals surface area contributed by atoms with Crippen molar-refractivity contribution >= 4 is 5.91 Å². The van der Waals surface area contributed by atoms with Gasteiger partial charge in [-0.3, -0.25) is 4.79 Å². The van der Waals surface area contributed by atoms with E-state index >= 15 is 0 Å². The van der Waals surface area contributed by atoms with Crippen LogP contribution >= 0.6 is 0 Å². The summed E-state index contributed by atoms with van der Waals surface area (Å²) >= 11 is 0. The van der Waals surface area contributed by atoms with Gasteiger partial charge in [0.25, 0.3) is 5.91 Å². The first-order valence-electron chi connectivity index (χ1n) is 7.82. The van der Waals surface area contributed by atoms with Crippen LogP contribution in [0.25, 0.3) is 0 Å². The molecule has 5 nitrogen and oxygen atoms in total. The number of likely N-dealkylation sites (tertiary alicyclic amines) is 1. The lowest BCUT2D eigenvalue weighted by atomic mass is 9.84. The highest BCUT2D eigenvalue weighted by molar-refractivity contribution is 5.92. The molecule has 1 aliphatic carbocycles. The molecule has 2 aliphatic heterocycles. The van der Waals surface area contributed by atoms with Gasteiger partial charge in [0.1, 0.15) is 5.60 Å². The standard InChI is InChI=1S/C16H21NO4/c18-15(14-2-1-6-19-14)17-10-16(11-17)8-13(5-7-21-16)20-9-12-3-4-12/h1-2,6,12-13H,3-5,7-11H2/t13-/m0/s1. The molecule has 1 amide bonds. The maximum Gasteiger partial charge on any atom is 0.289 e. The zero-order valence-corrected chi connectivity index (χ0v) is 12.1. The lowest BCUT2D eigenvalue weighted by Crippen LogP contribution is -2.67. The molecule has 3 aliphatic rings. The summed E-state index contributed by atoms with van der Waals surface area (Å²) in [5.41, 5.74) is -0.186. The summed E-state index contributed by atoms with van der Waals surface area (Å²) in [4.78, 5) is 14.0. The van der Waals surface area contributed by atoms with E-state index in [1.165, 1.54) is 19.1 Å². The molecule has 5 heteroatoms. The summed E-state index contributed by atoms with van der Waals surface area (Å²) in [6.45, 7) is 2.93. The van der Waals surface area contributed by atoms with E-state index in [0.717, 1.165) is 32.0 Å². The highest BCUT2D eigenvalue weighted by Crippen LogP contribution is 2.37. The smallest absolute Gasteiger partial charge is 0.289 e. The Morgan fingerprint density at radius 1 is 1.38 bits per heavy atom. The largest absolute Gasteiger partial charge is 0.459 e. The molecule has 0 bridgehead atoms. The van der Waals surface area contributed by atoms with Gasteiger partial charge in [0, 0.05) is 19.6 Å². The third-order valence-corrected chi connectivity index (χ3v) is 4.69. The van der Waals surface area contributed by atoms with Crippen LogP contribution in [0.3, 0.4) is 0 Å². The molecule has 21 heavy (non-hydrogen) atoms. The minimum Gasteiger partial charge on any atom is -0.459 e. The SMILES string of the molecule is O=C(c1ccco1)N1CC2(C[C@@H](OCC3CC3)CCO2)C1. The van der Waals surface area contributed by atoms with Gasteiger partial charge in [-0.2, -0.15) is 0 Å². The molecule has 3 heterocycles. The number of nitrogens with zero attached hydrogens (tertiary/aromatic N) is 1. The van der Waals surface area contributed by atoms with Crippen molar-refractivity contribution in [3.8, 4) is 0 Å². The van der Waals surface area contributed by atoms with Gasteiger partial charge in [-0.25, -0.2) is 0 Å². The number of amides is 1. The van der Waals surface area contributed by atoms with Crippen LogP contribution in [-0.4, -0.2) is 48.8 Å². The Kier molecular flexibility index (Phi) is 3.27. The Bertz CT molecular complexity index is 502. The molecule has 0 radical (unpaired) electrons. The van der Waals surface area contributed by atoms with Crippen LogP contribution in [0.2, 0.25) is 0 Å². The third kappa shape index (κ3) is 2.72. The number of carbonyl (C=O) groups excluding carboxylic acids is 1. The van der Waals surface area contributed by atoms with Crippen molar-refractivity contribution in [2.24, 2.45) is 5.92 Å². The topological polar surface area (TPSA) is 51.9 Å². The van der Waals surface area contributed by atoms with E-state index in [4.69, 9.17) is 13.9 Å². The summed E-state index contributed by atoms with van der Waals surface area (Å²) in [5.74, 6) is 1.15. The fraction of sp³-hybridized carbons (Fsp3) is 0.688. The molecule has 1 atom stereocenters. The Hall–Kier alpha value is -1.33. The van der Waals surface area contributed by atoms with Crippen LogP contribution in [0.5, 0.6) is 0 Å². The van der Waals surface area contributed by atoms with Crippen LogP contribution in [-0.2, 0) is 9.47 Å². The maximum absolute atomic E-state index is 12.2. The first kappa shape index (κ1) is 13.3. The lowest BCUT2D eigenvalue weighted by Gasteiger charge is -2.52. The second-order valence-electron chi connectivity index (χ2n) is 6.56. The lowest BCUT2D eigenvalue weighted by molar-refractivity contribution is -0.186. The van der Waals surface area contributed by atoms with Crippen LogP contribution in [0.4, 0.5) is 0 Å². The fourth-order valence-corrected chi connectivity index (χ4v) is 3.25. The minimum absolute atomic E-state index is 0.0461. The van der Waals surface area contributed by atoms with Gasteiger partial charge in [-0.05, 0) is 37.3 Å². The zero-order valence-electron chi connectivity index (χ0n) is 12.1. The van der Waals surface area contributed by atoms with Crippen molar-refractivity contribution in [2.75, 3.05) is 26.3 Å². The summed E-state index contributed by atoms with van der Waals surface area (Å²) < 4.78 is 17.1. The number of rotatable bonds is 4. The number of carbonyl (C=O) groups is 1. The van der Waals surface area contributed by atoms with E-state index in [9.17, 15) is 4.79 Å². The third-order valence-electron chi connectivity index (χ3n) is 4.69. The van der Waals surface area contributed by atoms with Crippen LogP contribution in [0.1, 0.15) is 36.2 Å². The van der Waals surface area contributed by atoms with Crippen molar-refractivity contribution in [1.82, 2.24) is 4.90 Å². The van der Waals surface area contributed by atoms with Gasteiger partial charge in [-0.15, -0.1) is 0 Å². The Morgan fingerprint density at radius 2 is 2.24 bits per heavy atom. The van der Waals surface area contributed by atoms with Crippen molar-refractivity contribution in [3.63, 3.8) is 0 Å². The number of hydrogen-bond donors (Lipinski definition) is 0. The van der Waals surface area contributed by atoms with Gasteiger partial charge < -0.3 is 18.8 Å². The molecule has 1 aromatic rings. The zero-order chi connectivity index (χ0) is 14.3. The molecule has 1 aromatic heterocycles. The van der Waals surface area contributed by atoms with Crippen molar-refractivity contribution in [1.29, 1.82) is 0 Å². The van der Waals surface area contributed by atoms with Crippen LogP contribution < -0.4 is 0 Å². The Labute approximate surface area is 124 Å². The van der Waals surface area contributed by atoms with Gasteiger partial charge >= 0.3 is 0 Å². The predicted octanol–water partition coefficient (Wildman–Crippen LogP) is 2.08. The van der Waals surface area contributed by atoms with Crippen molar-refractivity contribution < 1.29 is 18.7 Å². The second-order valence-corrected chi connectivity index (χ2v) is 6.56. The normalized spacial score (nSPS) is 27.6. The second kappa shape index (κ2) is 5.14. The van der Waals surface area contributed by atoms with Gasteiger partial charge in [-0.1, -0.05) is 0 Å². The monoisotopic (exact) mass is 291 g/mol. The average Bonchev–Trinajstić information content (AvgIpc) is 3.14. The quantitative estimate of drug-likeness (QED) is 0.852. The van der Waals surface area contributed by atoms with Gasteiger partial charge in [0.05, 0.1) is 25.5 Å². The molecule has 4 rings (SSSR count). The van der Waals surface area contributed by atoms with E-state index in [0.29, 0.717) is 25.0 Å².